The zero-order valence-corrected chi connectivity index (χ0v) is 9.43. The van der Waals surface area contributed by atoms with E-state index in [4.69, 9.17) is 5.11 Å². The lowest BCUT2D eigenvalue weighted by Crippen LogP contribution is -2.31. The van der Waals surface area contributed by atoms with Gasteiger partial charge in [0, 0.05) is 19.7 Å². The van der Waals surface area contributed by atoms with Crippen LogP contribution in [0.5, 0.6) is 0 Å². The molecule has 0 spiro atoms. The van der Waals surface area contributed by atoms with Gasteiger partial charge in [-0.3, -0.25) is 0 Å². The number of aliphatic hydroxyl groups excluding tert-OH is 1. The lowest BCUT2D eigenvalue weighted by atomic mass is 10.2. The summed E-state index contributed by atoms with van der Waals surface area (Å²) in [5, 5.41) is 8.76. The van der Waals surface area contributed by atoms with Crippen molar-refractivity contribution in [2.75, 3.05) is 20.3 Å². The molecule has 0 aliphatic heterocycles. The van der Waals surface area contributed by atoms with E-state index in [-0.39, 0.29) is 12.7 Å². The van der Waals surface area contributed by atoms with Gasteiger partial charge in [0.05, 0.1) is 7.11 Å². The van der Waals surface area contributed by atoms with E-state index in [1.807, 2.05) is 30.3 Å². The SMILES string of the molecule is COC(=O)N(CCCO)Cc1ccccc1. The van der Waals surface area contributed by atoms with Gasteiger partial charge < -0.3 is 14.7 Å². The van der Waals surface area contributed by atoms with Crippen LogP contribution in [0, 0.1) is 0 Å². The first kappa shape index (κ1) is 12.5. The van der Waals surface area contributed by atoms with Gasteiger partial charge in [0.15, 0.2) is 0 Å². The molecule has 1 N–H and O–H groups in total. The van der Waals surface area contributed by atoms with Crippen molar-refractivity contribution in [1.82, 2.24) is 4.90 Å². The molecule has 88 valence electrons. The van der Waals surface area contributed by atoms with Gasteiger partial charge in [-0.25, -0.2) is 4.79 Å². The van der Waals surface area contributed by atoms with E-state index in [0.29, 0.717) is 19.5 Å². The molecule has 0 saturated carbocycles. The van der Waals surface area contributed by atoms with E-state index in [1.165, 1.54) is 7.11 Å². The molecule has 4 nitrogen and oxygen atoms in total. The Morgan fingerprint density at radius 1 is 1.38 bits per heavy atom. The van der Waals surface area contributed by atoms with Crippen LogP contribution in [0.4, 0.5) is 4.79 Å². The molecule has 1 aromatic rings. The Morgan fingerprint density at radius 2 is 2.06 bits per heavy atom. The molecule has 1 rings (SSSR count). The van der Waals surface area contributed by atoms with Crippen LogP contribution in [-0.4, -0.2) is 36.4 Å². The van der Waals surface area contributed by atoms with E-state index < -0.39 is 0 Å². The minimum Gasteiger partial charge on any atom is -0.453 e. The van der Waals surface area contributed by atoms with Crippen LogP contribution >= 0.6 is 0 Å². The van der Waals surface area contributed by atoms with Crippen molar-refractivity contribution in [2.24, 2.45) is 0 Å². The van der Waals surface area contributed by atoms with Crippen LogP contribution in [0.25, 0.3) is 0 Å². The fraction of sp³-hybridized carbons (Fsp3) is 0.417. The number of nitrogens with zero attached hydrogens (tertiary/aromatic N) is 1. The van der Waals surface area contributed by atoms with Crippen LogP contribution in [0.15, 0.2) is 30.3 Å². The highest BCUT2D eigenvalue weighted by atomic mass is 16.5. The van der Waals surface area contributed by atoms with Crippen molar-refractivity contribution in [2.45, 2.75) is 13.0 Å². The summed E-state index contributed by atoms with van der Waals surface area (Å²) >= 11 is 0. The molecule has 0 unspecified atom stereocenters. The number of methoxy groups -OCH3 is 1. The minimum absolute atomic E-state index is 0.0717. The first-order valence-corrected chi connectivity index (χ1v) is 5.25. The van der Waals surface area contributed by atoms with Gasteiger partial charge in [-0.2, -0.15) is 0 Å². The molecule has 1 aromatic carbocycles. The van der Waals surface area contributed by atoms with E-state index in [0.717, 1.165) is 5.56 Å². The van der Waals surface area contributed by atoms with E-state index in [2.05, 4.69) is 4.74 Å². The van der Waals surface area contributed by atoms with Gasteiger partial charge in [0.1, 0.15) is 0 Å². The molecule has 0 aliphatic rings. The summed E-state index contributed by atoms with van der Waals surface area (Å²) < 4.78 is 4.69. The fourth-order valence-corrected chi connectivity index (χ4v) is 1.43. The fourth-order valence-electron chi connectivity index (χ4n) is 1.43. The first-order chi connectivity index (χ1) is 7.77. The van der Waals surface area contributed by atoms with Crippen molar-refractivity contribution >= 4 is 6.09 Å². The van der Waals surface area contributed by atoms with Crippen LogP contribution in [0.3, 0.4) is 0 Å². The number of amides is 1. The predicted molar refractivity (Wildman–Crippen MR) is 61.0 cm³/mol. The zero-order chi connectivity index (χ0) is 11.8. The summed E-state index contributed by atoms with van der Waals surface area (Å²) in [4.78, 5) is 13.0. The standard InChI is InChI=1S/C12H17NO3/c1-16-12(15)13(8-5-9-14)10-11-6-3-2-4-7-11/h2-4,6-7,14H,5,8-10H2,1H3. The molecular weight excluding hydrogens is 206 g/mol. The maximum atomic E-state index is 11.4. The molecule has 4 heteroatoms. The second kappa shape index (κ2) is 6.85. The second-order valence-electron chi connectivity index (χ2n) is 3.45. The van der Waals surface area contributed by atoms with Crippen LogP contribution in [0.2, 0.25) is 0 Å². The highest BCUT2D eigenvalue weighted by Crippen LogP contribution is 2.06. The van der Waals surface area contributed by atoms with Gasteiger partial charge in [-0.05, 0) is 12.0 Å². The predicted octanol–water partition coefficient (Wildman–Crippen LogP) is 1.64. The summed E-state index contributed by atoms with van der Waals surface area (Å²) in [5.41, 5.74) is 1.05. The van der Waals surface area contributed by atoms with Gasteiger partial charge in [-0.15, -0.1) is 0 Å². The number of carbonyl (C=O) groups excluding carboxylic acids is 1. The summed E-state index contributed by atoms with van der Waals surface area (Å²) in [6.45, 7) is 1.08. The van der Waals surface area contributed by atoms with E-state index >= 15 is 0 Å². The Morgan fingerprint density at radius 3 is 2.62 bits per heavy atom. The molecule has 0 radical (unpaired) electrons. The first-order valence-electron chi connectivity index (χ1n) is 5.25. The lowest BCUT2D eigenvalue weighted by molar-refractivity contribution is 0.117. The number of hydrogen-bond acceptors (Lipinski definition) is 3. The molecular formula is C12H17NO3. The summed E-state index contributed by atoms with van der Waals surface area (Å²) in [6, 6.07) is 9.69. The molecule has 0 aliphatic carbocycles. The maximum Gasteiger partial charge on any atom is 0.409 e. The molecule has 0 aromatic heterocycles. The number of ether oxygens (including phenoxy) is 1. The van der Waals surface area contributed by atoms with Crippen molar-refractivity contribution in [3.8, 4) is 0 Å². The second-order valence-corrected chi connectivity index (χ2v) is 3.45. The van der Waals surface area contributed by atoms with Crippen LogP contribution < -0.4 is 0 Å². The number of carbonyl (C=O) groups is 1. The van der Waals surface area contributed by atoms with Crippen LogP contribution in [0.1, 0.15) is 12.0 Å². The molecule has 0 saturated heterocycles. The van der Waals surface area contributed by atoms with Gasteiger partial charge in [0.25, 0.3) is 0 Å². The smallest absolute Gasteiger partial charge is 0.409 e. The molecule has 0 fully saturated rings. The Bertz CT molecular complexity index is 313. The number of benzene rings is 1. The molecule has 0 atom stereocenters. The monoisotopic (exact) mass is 223 g/mol. The number of aliphatic hydroxyl groups is 1. The Kier molecular flexibility index (Phi) is 5.36. The molecule has 0 heterocycles. The Balaban J connectivity index is 2.59. The summed E-state index contributed by atoms with van der Waals surface area (Å²) in [6.07, 6.45) is 0.194. The summed E-state index contributed by atoms with van der Waals surface area (Å²) in [5.74, 6) is 0. The Labute approximate surface area is 95.5 Å². The third-order valence-corrected chi connectivity index (χ3v) is 2.24. The van der Waals surface area contributed by atoms with Crippen molar-refractivity contribution in [3.63, 3.8) is 0 Å². The third kappa shape index (κ3) is 3.90. The van der Waals surface area contributed by atoms with Crippen molar-refractivity contribution < 1.29 is 14.6 Å². The maximum absolute atomic E-state index is 11.4. The largest absolute Gasteiger partial charge is 0.453 e. The third-order valence-electron chi connectivity index (χ3n) is 2.24. The average molecular weight is 223 g/mol. The molecule has 0 bridgehead atoms. The zero-order valence-electron chi connectivity index (χ0n) is 9.43. The van der Waals surface area contributed by atoms with Crippen molar-refractivity contribution in [1.29, 1.82) is 0 Å². The van der Waals surface area contributed by atoms with E-state index in [1.54, 1.807) is 4.90 Å². The minimum atomic E-state index is -0.364. The average Bonchev–Trinajstić information content (AvgIpc) is 2.34. The van der Waals surface area contributed by atoms with Gasteiger partial charge in [-0.1, -0.05) is 30.3 Å². The van der Waals surface area contributed by atoms with Gasteiger partial charge in [0.2, 0.25) is 0 Å². The van der Waals surface area contributed by atoms with Crippen LogP contribution in [-0.2, 0) is 11.3 Å². The number of hydrogen-bond donors (Lipinski definition) is 1. The summed E-state index contributed by atoms with van der Waals surface area (Å²) in [7, 11) is 1.36. The quantitative estimate of drug-likeness (QED) is 0.825. The lowest BCUT2D eigenvalue weighted by Gasteiger charge is -2.20. The molecule has 1 amide bonds. The topological polar surface area (TPSA) is 49.8 Å². The highest BCUT2D eigenvalue weighted by Gasteiger charge is 2.13. The molecule has 16 heavy (non-hydrogen) atoms. The van der Waals surface area contributed by atoms with Gasteiger partial charge >= 0.3 is 6.09 Å². The van der Waals surface area contributed by atoms with Crippen molar-refractivity contribution in [3.05, 3.63) is 35.9 Å². The highest BCUT2D eigenvalue weighted by molar-refractivity contribution is 5.67. The normalized spacial score (nSPS) is 9.88. The number of rotatable bonds is 5. The van der Waals surface area contributed by atoms with E-state index in [9.17, 15) is 4.79 Å². The Hall–Kier alpha value is -1.55.